The van der Waals surface area contributed by atoms with Crippen LogP contribution >= 0.6 is 27.5 Å². The molecule has 0 bridgehead atoms. The average molecular weight is 805 g/mol. The molecule has 4 aromatic carbocycles. The number of benzene rings is 4. The van der Waals surface area contributed by atoms with Crippen LogP contribution in [-0.4, -0.2) is 43.8 Å². The number of rotatable bonds is 12. The molecule has 0 aliphatic heterocycles. The van der Waals surface area contributed by atoms with Gasteiger partial charge in [0.2, 0.25) is 11.8 Å². The largest absolute Gasteiger partial charge is 0.417 e. The van der Waals surface area contributed by atoms with Crippen molar-refractivity contribution >= 4 is 55.1 Å². The molecule has 1 aliphatic carbocycles. The number of nitrogens with zero attached hydrogens (tertiary/aromatic N) is 2. The Hall–Kier alpha value is -3.87. The van der Waals surface area contributed by atoms with Crippen molar-refractivity contribution in [3.8, 4) is 0 Å². The van der Waals surface area contributed by atoms with Crippen molar-refractivity contribution in [3.05, 3.63) is 129 Å². The van der Waals surface area contributed by atoms with Gasteiger partial charge in [-0.3, -0.25) is 13.9 Å². The van der Waals surface area contributed by atoms with Crippen LogP contribution < -0.4 is 9.62 Å². The molecule has 0 unspecified atom stereocenters. The minimum Gasteiger partial charge on any atom is -0.352 e. The summed E-state index contributed by atoms with van der Waals surface area (Å²) in [6, 6.07) is 23.6. The first-order chi connectivity index (χ1) is 24.2. The van der Waals surface area contributed by atoms with Gasteiger partial charge >= 0.3 is 6.18 Å². The van der Waals surface area contributed by atoms with Gasteiger partial charge < -0.3 is 10.2 Å². The number of carbonyl (C=O) groups is 2. The first-order valence-corrected chi connectivity index (χ1v) is 19.2. The van der Waals surface area contributed by atoms with Crippen LogP contribution in [0.2, 0.25) is 5.02 Å². The van der Waals surface area contributed by atoms with E-state index in [0.29, 0.717) is 15.9 Å². The molecule has 0 spiro atoms. The molecule has 0 radical (unpaired) electrons. The van der Waals surface area contributed by atoms with Crippen molar-refractivity contribution in [2.24, 2.45) is 0 Å². The Morgan fingerprint density at radius 2 is 1.57 bits per heavy atom. The quantitative estimate of drug-likeness (QED) is 0.155. The Balaban J connectivity index is 1.61. The van der Waals surface area contributed by atoms with E-state index in [1.165, 1.54) is 17.0 Å². The Morgan fingerprint density at radius 1 is 0.902 bits per heavy atom. The van der Waals surface area contributed by atoms with Crippen LogP contribution in [0.4, 0.5) is 18.9 Å². The number of alkyl halides is 3. The maximum atomic E-state index is 14.7. The molecule has 270 valence electrons. The third-order valence-corrected chi connectivity index (χ3v) is 11.5. The highest BCUT2D eigenvalue weighted by Crippen LogP contribution is 2.38. The lowest BCUT2D eigenvalue weighted by Crippen LogP contribution is -2.55. The molecule has 0 saturated heterocycles. The van der Waals surface area contributed by atoms with Crippen molar-refractivity contribution in [2.75, 3.05) is 10.8 Å². The molecule has 51 heavy (non-hydrogen) atoms. The molecule has 1 N–H and O–H groups in total. The smallest absolute Gasteiger partial charge is 0.352 e. The van der Waals surface area contributed by atoms with Crippen LogP contribution in [0, 0.1) is 6.92 Å². The number of hydrogen-bond donors (Lipinski definition) is 1. The summed E-state index contributed by atoms with van der Waals surface area (Å²) in [6.07, 6.45) is -0.207. The summed E-state index contributed by atoms with van der Waals surface area (Å²) in [5.74, 6) is -1.18. The van der Waals surface area contributed by atoms with Crippen molar-refractivity contribution in [3.63, 3.8) is 0 Å². The number of nitrogens with one attached hydrogen (secondary N) is 1. The monoisotopic (exact) mass is 803 g/mol. The van der Waals surface area contributed by atoms with Gasteiger partial charge in [-0.05, 0) is 73.4 Å². The van der Waals surface area contributed by atoms with E-state index in [4.69, 9.17) is 11.6 Å². The summed E-state index contributed by atoms with van der Waals surface area (Å²) < 4.78 is 72.0. The van der Waals surface area contributed by atoms with Gasteiger partial charge in [0, 0.05) is 23.5 Å². The second kappa shape index (κ2) is 16.6. The van der Waals surface area contributed by atoms with E-state index in [0.717, 1.165) is 59.8 Å². The molecule has 0 heterocycles. The third-order valence-electron chi connectivity index (χ3n) is 8.90. The molecule has 4 aromatic rings. The molecule has 2 amide bonds. The summed E-state index contributed by atoms with van der Waals surface area (Å²) in [5, 5.41) is 2.51. The molecule has 1 atom stereocenters. The fourth-order valence-corrected chi connectivity index (χ4v) is 8.26. The van der Waals surface area contributed by atoms with E-state index in [2.05, 4.69) is 21.2 Å². The minimum absolute atomic E-state index is 0.0826. The van der Waals surface area contributed by atoms with Crippen molar-refractivity contribution in [1.29, 1.82) is 0 Å². The zero-order chi connectivity index (χ0) is 36.8. The number of sulfonamides is 1. The fraction of sp³-hybridized carbons (Fsp3) is 0.316. The van der Waals surface area contributed by atoms with Gasteiger partial charge in [-0.2, -0.15) is 13.2 Å². The summed E-state index contributed by atoms with van der Waals surface area (Å²) >= 11 is 9.37. The molecular weight excluding hydrogens is 767 g/mol. The second-order valence-electron chi connectivity index (χ2n) is 12.7. The summed E-state index contributed by atoms with van der Waals surface area (Å²) in [7, 11) is -4.61. The van der Waals surface area contributed by atoms with Crippen molar-refractivity contribution in [1.82, 2.24) is 10.2 Å². The number of hydrogen-bond acceptors (Lipinski definition) is 4. The number of anilines is 1. The van der Waals surface area contributed by atoms with E-state index >= 15 is 0 Å². The molecule has 1 aliphatic rings. The predicted molar refractivity (Wildman–Crippen MR) is 196 cm³/mol. The van der Waals surface area contributed by atoms with Crippen molar-refractivity contribution in [2.45, 2.75) is 75.1 Å². The molecule has 0 aromatic heterocycles. The van der Waals surface area contributed by atoms with Crippen LogP contribution in [0.1, 0.15) is 54.4 Å². The number of halogens is 5. The summed E-state index contributed by atoms with van der Waals surface area (Å²) in [5.41, 5.74) is 0.521. The molecule has 1 fully saturated rings. The Labute approximate surface area is 310 Å². The maximum Gasteiger partial charge on any atom is 0.417 e. The van der Waals surface area contributed by atoms with Gasteiger partial charge in [0.1, 0.15) is 12.6 Å². The number of aryl methyl sites for hydroxylation is 1. The SMILES string of the molecule is Cc1ccc(S(=O)(=O)N(CC(=O)N(Cc2cccc(Br)c2)[C@H](Cc2ccccc2)C(=O)NC2CCCCC2)c2ccc(Cl)c(C(F)(F)F)c2)cc1. The van der Waals surface area contributed by atoms with Gasteiger partial charge in [-0.25, -0.2) is 8.42 Å². The third kappa shape index (κ3) is 9.93. The normalized spacial score (nSPS) is 14.5. The van der Waals surface area contributed by atoms with Crippen molar-refractivity contribution < 1.29 is 31.2 Å². The predicted octanol–water partition coefficient (Wildman–Crippen LogP) is 8.71. The van der Waals surface area contributed by atoms with E-state index in [1.54, 1.807) is 37.3 Å². The average Bonchev–Trinajstić information content (AvgIpc) is 3.09. The van der Waals surface area contributed by atoms with Crippen LogP contribution in [0.3, 0.4) is 0 Å². The molecule has 13 heteroatoms. The molecule has 1 saturated carbocycles. The van der Waals surface area contributed by atoms with E-state index in [1.807, 2.05) is 36.4 Å². The molecular formula is C38H38BrClF3N3O4S. The van der Waals surface area contributed by atoms with Crippen LogP contribution in [-0.2, 0) is 38.8 Å². The van der Waals surface area contributed by atoms with Crippen LogP contribution in [0.15, 0.2) is 106 Å². The fourth-order valence-electron chi connectivity index (χ4n) is 6.18. The van der Waals surface area contributed by atoms with Gasteiger partial charge in [-0.1, -0.05) is 107 Å². The highest BCUT2D eigenvalue weighted by atomic mass is 79.9. The number of carbonyl (C=O) groups excluding carboxylic acids is 2. The van der Waals surface area contributed by atoms with Gasteiger partial charge in [0.25, 0.3) is 10.0 Å². The van der Waals surface area contributed by atoms with Crippen LogP contribution in [0.25, 0.3) is 0 Å². The topological polar surface area (TPSA) is 86.8 Å². The summed E-state index contributed by atoms with van der Waals surface area (Å²) in [6.45, 7) is 0.781. The van der Waals surface area contributed by atoms with Gasteiger partial charge in [0.05, 0.1) is 21.2 Å². The zero-order valence-electron chi connectivity index (χ0n) is 27.9. The Morgan fingerprint density at radius 3 is 2.22 bits per heavy atom. The van der Waals surface area contributed by atoms with Crippen LogP contribution in [0.5, 0.6) is 0 Å². The molecule has 7 nitrogen and oxygen atoms in total. The first-order valence-electron chi connectivity index (χ1n) is 16.6. The Bertz CT molecular complexity index is 1940. The van der Waals surface area contributed by atoms with Gasteiger partial charge in [-0.15, -0.1) is 0 Å². The summed E-state index contributed by atoms with van der Waals surface area (Å²) in [4.78, 5) is 30.0. The highest BCUT2D eigenvalue weighted by Gasteiger charge is 2.38. The zero-order valence-corrected chi connectivity index (χ0v) is 31.0. The minimum atomic E-state index is -4.90. The first kappa shape index (κ1) is 38.4. The lowest BCUT2D eigenvalue weighted by Gasteiger charge is -2.35. The van der Waals surface area contributed by atoms with E-state index in [-0.39, 0.29) is 23.9 Å². The second-order valence-corrected chi connectivity index (χ2v) is 15.9. The standard InChI is InChI=1S/C38H38BrClF3N3O4S/c1-26-15-18-32(19-16-26)51(49,50)46(31-17-20-34(40)33(23-31)38(41,42)43)25-36(47)45(24-28-11-8-12-29(39)21-28)35(22-27-9-4-2-5-10-27)37(48)44-30-13-6-3-7-14-30/h2,4-5,8-12,15-21,23,30,35H,3,6-7,13-14,22,24-25H2,1H3,(H,44,48)/t35-/m1/s1. The highest BCUT2D eigenvalue weighted by molar-refractivity contribution is 9.10. The van der Waals surface area contributed by atoms with Gasteiger partial charge in [0.15, 0.2) is 0 Å². The Kier molecular flexibility index (Phi) is 12.5. The lowest BCUT2D eigenvalue weighted by molar-refractivity contribution is -0.140. The lowest BCUT2D eigenvalue weighted by atomic mass is 9.94. The number of amides is 2. The van der Waals surface area contributed by atoms with E-state index < -0.39 is 56.9 Å². The molecule has 5 rings (SSSR count). The van der Waals surface area contributed by atoms with E-state index in [9.17, 15) is 31.2 Å². The maximum absolute atomic E-state index is 14.7.